The Bertz CT molecular complexity index is 1540. The number of hydrogen-bond acceptors (Lipinski definition) is 5. The van der Waals surface area contributed by atoms with Crippen molar-refractivity contribution in [2.75, 3.05) is 38.5 Å². The Kier molecular flexibility index (Phi) is 6.51. The third-order valence-electron chi connectivity index (χ3n) is 6.99. The number of aryl methyl sites for hydroxylation is 3. The summed E-state index contributed by atoms with van der Waals surface area (Å²) < 4.78 is 28.7. The van der Waals surface area contributed by atoms with E-state index in [1.54, 1.807) is 10.4 Å². The van der Waals surface area contributed by atoms with Gasteiger partial charge in [-0.3, -0.25) is 0 Å². The van der Waals surface area contributed by atoms with E-state index in [9.17, 15) is 8.42 Å². The number of rotatable bonds is 5. The number of likely N-dealkylation sites (N-methyl/N-ethyl adjacent to an activating group) is 1. The smallest absolute Gasteiger partial charge is 0.243 e. The Morgan fingerprint density at radius 2 is 1.56 bits per heavy atom. The summed E-state index contributed by atoms with van der Waals surface area (Å²) in [7, 11) is -1.50. The second-order valence-corrected chi connectivity index (χ2v) is 11.6. The molecule has 1 aliphatic rings. The van der Waals surface area contributed by atoms with Crippen LogP contribution in [0.3, 0.4) is 0 Å². The Hall–Kier alpha value is -3.33. The first kappa shape index (κ1) is 24.4. The van der Waals surface area contributed by atoms with Crippen LogP contribution in [0.5, 0.6) is 0 Å². The van der Waals surface area contributed by atoms with Gasteiger partial charge in [-0.1, -0.05) is 48.5 Å². The van der Waals surface area contributed by atoms with Crippen LogP contribution in [-0.2, 0) is 10.0 Å². The van der Waals surface area contributed by atoms with Gasteiger partial charge in [-0.2, -0.15) is 4.31 Å². The van der Waals surface area contributed by atoms with Crippen LogP contribution in [0.2, 0.25) is 0 Å². The molecule has 2 N–H and O–H groups in total. The number of aromatic nitrogens is 2. The lowest BCUT2D eigenvalue weighted by Gasteiger charge is -2.29. The maximum atomic E-state index is 13.5. The summed E-state index contributed by atoms with van der Waals surface area (Å²) in [5.74, 6) is 0.669. The lowest BCUT2D eigenvalue weighted by Crippen LogP contribution is -3.12. The van der Waals surface area contributed by atoms with Crippen LogP contribution >= 0.6 is 0 Å². The molecule has 36 heavy (non-hydrogen) atoms. The summed E-state index contributed by atoms with van der Waals surface area (Å²) in [5.41, 5.74) is 5.40. The van der Waals surface area contributed by atoms with Crippen LogP contribution in [0.15, 0.2) is 65.6 Å². The molecule has 0 unspecified atom stereocenters. The molecule has 1 saturated heterocycles. The van der Waals surface area contributed by atoms with E-state index in [1.165, 1.54) is 4.90 Å². The summed E-state index contributed by atoms with van der Waals surface area (Å²) >= 11 is 0. The predicted molar refractivity (Wildman–Crippen MR) is 144 cm³/mol. The highest BCUT2D eigenvalue weighted by atomic mass is 32.2. The highest BCUT2D eigenvalue weighted by Crippen LogP contribution is 2.34. The first-order valence-electron chi connectivity index (χ1n) is 12.3. The topological polar surface area (TPSA) is 79.6 Å². The van der Waals surface area contributed by atoms with E-state index < -0.39 is 10.0 Å². The number of fused-ring (bicyclic) bond motifs is 1. The predicted octanol–water partition coefficient (Wildman–Crippen LogP) is 3.48. The first-order chi connectivity index (χ1) is 17.2. The average molecular weight is 503 g/mol. The number of nitrogens with one attached hydrogen (secondary N) is 2. The van der Waals surface area contributed by atoms with Crippen molar-refractivity contribution < 1.29 is 13.3 Å². The van der Waals surface area contributed by atoms with Gasteiger partial charge < -0.3 is 10.2 Å². The second-order valence-electron chi connectivity index (χ2n) is 9.73. The lowest BCUT2D eigenvalue weighted by molar-refractivity contribution is -0.883. The molecule has 0 amide bonds. The van der Waals surface area contributed by atoms with Crippen LogP contribution in [0, 0.1) is 20.8 Å². The van der Waals surface area contributed by atoms with E-state index >= 15 is 0 Å². The molecule has 5 rings (SSSR count). The average Bonchev–Trinajstić information content (AvgIpc) is 2.87. The maximum absolute atomic E-state index is 13.5. The van der Waals surface area contributed by atoms with Crippen LogP contribution < -0.4 is 10.2 Å². The van der Waals surface area contributed by atoms with Gasteiger partial charge in [0.05, 0.1) is 38.1 Å². The van der Waals surface area contributed by atoms with Crippen LogP contribution in [0.25, 0.3) is 22.0 Å². The molecule has 186 valence electrons. The van der Waals surface area contributed by atoms with Crippen molar-refractivity contribution in [2.45, 2.75) is 25.7 Å². The largest absolute Gasteiger partial charge is 0.338 e. The molecule has 0 atom stereocenters. The number of anilines is 2. The molecular weight excluding hydrogens is 470 g/mol. The van der Waals surface area contributed by atoms with Gasteiger partial charge >= 0.3 is 0 Å². The third-order valence-corrected chi connectivity index (χ3v) is 9.03. The zero-order chi connectivity index (χ0) is 25.4. The molecule has 0 saturated carbocycles. The fourth-order valence-corrected chi connectivity index (χ4v) is 6.37. The molecule has 3 aromatic carbocycles. The molecule has 2 heterocycles. The lowest BCUT2D eigenvalue weighted by atomic mass is 10.0. The molecule has 0 radical (unpaired) electrons. The Balaban J connectivity index is 1.57. The Morgan fingerprint density at radius 3 is 2.31 bits per heavy atom. The van der Waals surface area contributed by atoms with Crippen molar-refractivity contribution in [1.82, 2.24) is 14.5 Å². The molecule has 1 fully saturated rings. The summed E-state index contributed by atoms with van der Waals surface area (Å²) in [5, 5.41) is 14.4. The first-order valence-corrected chi connectivity index (χ1v) is 13.7. The zero-order valence-corrected chi connectivity index (χ0v) is 22.0. The molecule has 0 aliphatic carbocycles. The molecular formula is C28H32N5O2S+. The minimum atomic E-state index is -3.60. The second kappa shape index (κ2) is 9.61. The molecule has 1 aliphatic heterocycles. The van der Waals surface area contributed by atoms with Gasteiger partial charge in [0.15, 0.2) is 5.82 Å². The number of quaternary nitrogens is 1. The summed E-state index contributed by atoms with van der Waals surface area (Å²) in [4.78, 5) is 1.69. The molecule has 0 spiro atoms. The number of sulfonamides is 1. The standard InChI is InChI=1S/C28H31N5O2S/c1-19-9-10-20(2)25(17-19)29-28-24-8-6-5-7-23(24)27(30-31-28)22-12-11-21(3)26(18-22)36(34,35)33-15-13-32(4)14-16-33/h5-12,17-18H,13-16H2,1-4H3,(H,29,31)/p+1. The zero-order valence-electron chi connectivity index (χ0n) is 21.2. The monoisotopic (exact) mass is 502 g/mol. The van der Waals surface area contributed by atoms with Gasteiger partial charge in [-0.15, -0.1) is 10.2 Å². The Labute approximate surface area is 212 Å². The van der Waals surface area contributed by atoms with Gasteiger partial charge in [0.1, 0.15) is 5.69 Å². The fourth-order valence-electron chi connectivity index (χ4n) is 4.68. The SMILES string of the molecule is Cc1ccc(C)c(Nc2nnc(-c3ccc(C)c(S(=O)(=O)N4CC[NH+](C)CC4)c3)c3ccccc23)c1. The molecule has 0 bridgehead atoms. The number of benzene rings is 3. The summed E-state index contributed by atoms with van der Waals surface area (Å²) in [6.45, 7) is 8.63. The van der Waals surface area contributed by atoms with E-state index in [2.05, 4.69) is 54.6 Å². The van der Waals surface area contributed by atoms with E-state index in [4.69, 9.17) is 0 Å². The highest BCUT2D eigenvalue weighted by molar-refractivity contribution is 7.89. The molecule has 1 aromatic heterocycles. The van der Waals surface area contributed by atoms with E-state index in [0.29, 0.717) is 29.5 Å². The van der Waals surface area contributed by atoms with Gasteiger partial charge in [0.2, 0.25) is 10.0 Å². The van der Waals surface area contributed by atoms with Gasteiger partial charge in [0, 0.05) is 22.0 Å². The fraction of sp³-hybridized carbons (Fsp3) is 0.286. The quantitative estimate of drug-likeness (QED) is 0.437. The third kappa shape index (κ3) is 4.59. The van der Waals surface area contributed by atoms with Crippen molar-refractivity contribution in [2.24, 2.45) is 0 Å². The van der Waals surface area contributed by atoms with Crippen molar-refractivity contribution in [3.05, 3.63) is 77.4 Å². The van der Waals surface area contributed by atoms with Crippen molar-refractivity contribution in [1.29, 1.82) is 0 Å². The van der Waals surface area contributed by atoms with E-state index in [0.717, 1.165) is 51.8 Å². The van der Waals surface area contributed by atoms with Crippen LogP contribution in [-0.4, -0.2) is 56.1 Å². The normalized spacial score (nSPS) is 15.3. The Morgan fingerprint density at radius 1 is 0.861 bits per heavy atom. The minimum Gasteiger partial charge on any atom is -0.338 e. The van der Waals surface area contributed by atoms with Gasteiger partial charge in [0.25, 0.3) is 0 Å². The molecule has 7 nitrogen and oxygen atoms in total. The van der Waals surface area contributed by atoms with Crippen molar-refractivity contribution >= 4 is 32.3 Å². The number of nitrogens with zero attached hydrogens (tertiary/aromatic N) is 3. The number of piperazine rings is 1. The maximum Gasteiger partial charge on any atom is 0.243 e. The van der Waals surface area contributed by atoms with E-state index in [-0.39, 0.29) is 0 Å². The van der Waals surface area contributed by atoms with Crippen LogP contribution in [0.4, 0.5) is 11.5 Å². The van der Waals surface area contributed by atoms with E-state index in [1.807, 2.05) is 43.3 Å². The summed E-state index contributed by atoms with van der Waals surface area (Å²) in [6.07, 6.45) is 0. The molecule has 8 heteroatoms. The molecule has 4 aromatic rings. The van der Waals surface area contributed by atoms with Crippen molar-refractivity contribution in [3.8, 4) is 11.3 Å². The minimum absolute atomic E-state index is 0.336. The number of hydrogen-bond donors (Lipinski definition) is 2. The van der Waals surface area contributed by atoms with Crippen LogP contribution in [0.1, 0.15) is 16.7 Å². The van der Waals surface area contributed by atoms with Gasteiger partial charge in [-0.25, -0.2) is 8.42 Å². The van der Waals surface area contributed by atoms with Crippen molar-refractivity contribution in [3.63, 3.8) is 0 Å². The highest BCUT2D eigenvalue weighted by Gasteiger charge is 2.30. The summed E-state index contributed by atoms with van der Waals surface area (Å²) in [6, 6.07) is 19.8. The van der Waals surface area contributed by atoms with Gasteiger partial charge in [-0.05, 0) is 49.6 Å².